The number of halogens is 2. The van der Waals surface area contributed by atoms with E-state index in [0.29, 0.717) is 5.46 Å². The zero-order chi connectivity index (χ0) is 7.56. The zero-order valence-electron chi connectivity index (χ0n) is 5.01. The molecular formula is C6H4BClFO. The number of rotatable bonds is 1. The molecule has 0 heterocycles. The van der Waals surface area contributed by atoms with Crippen LogP contribution in [0.25, 0.3) is 0 Å². The molecule has 0 aliphatic carbocycles. The molecule has 1 nitrogen and oxygen atoms in total. The molecule has 0 spiro atoms. The molecular weight excluding hydrogens is 153 g/mol. The summed E-state index contributed by atoms with van der Waals surface area (Å²) in [6.45, 7) is 0. The van der Waals surface area contributed by atoms with Crippen molar-refractivity contribution in [2.45, 2.75) is 0 Å². The predicted molar refractivity (Wildman–Crippen MR) is 39.0 cm³/mol. The Hall–Kier alpha value is -0.535. The van der Waals surface area contributed by atoms with E-state index >= 15 is 0 Å². The van der Waals surface area contributed by atoms with Gasteiger partial charge in [-0.15, -0.1) is 0 Å². The molecule has 0 fully saturated rings. The monoisotopic (exact) mass is 157 g/mol. The van der Waals surface area contributed by atoms with Crippen molar-refractivity contribution in [2.24, 2.45) is 0 Å². The summed E-state index contributed by atoms with van der Waals surface area (Å²) >= 11 is 5.37. The quantitative estimate of drug-likeness (QED) is 0.596. The summed E-state index contributed by atoms with van der Waals surface area (Å²) in [4.78, 5) is 0. The Bertz CT molecular complexity index is 241. The summed E-state index contributed by atoms with van der Waals surface area (Å²) in [6, 6.07) is 4.06. The molecule has 1 aromatic rings. The second kappa shape index (κ2) is 3.04. The van der Waals surface area contributed by atoms with Crippen LogP contribution in [0.15, 0.2) is 18.2 Å². The maximum absolute atomic E-state index is 12.5. The summed E-state index contributed by atoms with van der Waals surface area (Å²) in [5.74, 6) is -0.524. The molecule has 0 aliphatic heterocycles. The van der Waals surface area contributed by atoms with Crippen LogP contribution in [-0.4, -0.2) is 12.5 Å². The highest BCUT2D eigenvalue weighted by atomic mass is 35.5. The van der Waals surface area contributed by atoms with Crippen LogP contribution in [-0.2, 0) is 0 Å². The molecule has 4 heteroatoms. The first kappa shape index (κ1) is 7.57. The summed E-state index contributed by atoms with van der Waals surface area (Å²) in [5, 5.41) is 8.48. The van der Waals surface area contributed by atoms with Crippen molar-refractivity contribution in [2.75, 3.05) is 0 Å². The van der Waals surface area contributed by atoms with E-state index < -0.39 is 5.82 Å². The van der Waals surface area contributed by atoms with Crippen molar-refractivity contribution < 1.29 is 9.41 Å². The molecule has 0 aromatic heterocycles. The van der Waals surface area contributed by atoms with Crippen molar-refractivity contribution >= 4 is 24.5 Å². The number of benzene rings is 1. The van der Waals surface area contributed by atoms with Gasteiger partial charge >= 0.3 is 7.48 Å². The van der Waals surface area contributed by atoms with Crippen molar-refractivity contribution in [3.05, 3.63) is 29.0 Å². The third-order valence-electron chi connectivity index (χ3n) is 1.09. The Balaban J connectivity index is 3.04. The average Bonchev–Trinajstić information content (AvgIpc) is 1.95. The molecule has 10 heavy (non-hydrogen) atoms. The zero-order valence-corrected chi connectivity index (χ0v) is 5.77. The Kier molecular flexibility index (Phi) is 2.30. The normalized spacial score (nSPS) is 9.50. The van der Waals surface area contributed by atoms with E-state index in [1.165, 1.54) is 12.1 Å². The van der Waals surface area contributed by atoms with Gasteiger partial charge in [-0.3, -0.25) is 0 Å². The molecule has 1 N–H and O–H groups in total. The van der Waals surface area contributed by atoms with Crippen LogP contribution >= 0.6 is 11.6 Å². The van der Waals surface area contributed by atoms with Gasteiger partial charge in [0.25, 0.3) is 0 Å². The van der Waals surface area contributed by atoms with Crippen molar-refractivity contribution in [1.82, 2.24) is 0 Å². The van der Waals surface area contributed by atoms with E-state index in [1.54, 1.807) is 0 Å². The van der Waals surface area contributed by atoms with E-state index in [9.17, 15) is 4.39 Å². The van der Waals surface area contributed by atoms with E-state index in [0.717, 1.165) is 13.5 Å². The standard InChI is InChI=1S/C6H4BClFO/c8-5-2-1-4(7-10)3-6(5)9/h1-3,10H. The van der Waals surface area contributed by atoms with Crippen LogP contribution in [0.5, 0.6) is 0 Å². The van der Waals surface area contributed by atoms with Crippen LogP contribution in [0.4, 0.5) is 4.39 Å². The Morgan fingerprint density at radius 2 is 2.20 bits per heavy atom. The Labute approximate surface area is 63.7 Å². The van der Waals surface area contributed by atoms with Crippen molar-refractivity contribution in [3.8, 4) is 0 Å². The lowest BCUT2D eigenvalue weighted by Crippen LogP contribution is -2.13. The molecule has 0 saturated heterocycles. The molecule has 51 valence electrons. The highest BCUT2D eigenvalue weighted by Crippen LogP contribution is 2.10. The highest BCUT2D eigenvalue weighted by Gasteiger charge is 1.99. The second-order valence-electron chi connectivity index (χ2n) is 1.80. The predicted octanol–water partition coefficient (Wildman–Crippen LogP) is 0.716. The molecule has 0 amide bonds. The second-order valence-corrected chi connectivity index (χ2v) is 2.21. The number of hydrogen-bond acceptors (Lipinski definition) is 1. The first-order valence-electron chi connectivity index (χ1n) is 2.66. The Morgan fingerprint density at radius 3 is 2.70 bits per heavy atom. The molecule has 0 aliphatic rings. The fourth-order valence-electron chi connectivity index (χ4n) is 0.593. The third-order valence-corrected chi connectivity index (χ3v) is 1.40. The smallest absolute Gasteiger partial charge is 0.326 e. The van der Waals surface area contributed by atoms with E-state index in [1.807, 2.05) is 0 Å². The first-order valence-corrected chi connectivity index (χ1v) is 3.04. The highest BCUT2D eigenvalue weighted by molar-refractivity contribution is 6.45. The van der Waals surface area contributed by atoms with E-state index in [-0.39, 0.29) is 5.02 Å². The van der Waals surface area contributed by atoms with Crippen molar-refractivity contribution in [1.29, 1.82) is 0 Å². The van der Waals surface area contributed by atoms with Crippen molar-refractivity contribution in [3.63, 3.8) is 0 Å². The van der Waals surface area contributed by atoms with Gasteiger partial charge in [0.2, 0.25) is 0 Å². The van der Waals surface area contributed by atoms with Gasteiger partial charge in [0.1, 0.15) is 5.82 Å². The molecule has 1 radical (unpaired) electrons. The third kappa shape index (κ3) is 1.49. The summed E-state index contributed by atoms with van der Waals surface area (Å²) in [7, 11) is 0.819. The molecule has 0 bridgehead atoms. The first-order chi connectivity index (χ1) is 4.74. The lowest BCUT2D eigenvalue weighted by atomic mass is 9.89. The lowest BCUT2D eigenvalue weighted by Gasteiger charge is -1.94. The number of hydrogen-bond donors (Lipinski definition) is 1. The van der Waals surface area contributed by atoms with E-state index in [4.69, 9.17) is 16.6 Å². The Morgan fingerprint density at radius 1 is 1.50 bits per heavy atom. The molecule has 0 atom stereocenters. The van der Waals surface area contributed by atoms with Gasteiger partial charge in [-0.05, 0) is 12.1 Å². The van der Waals surface area contributed by atoms with Gasteiger partial charge in [-0.25, -0.2) is 4.39 Å². The fourth-order valence-corrected chi connectivity index (χ4v) is 0.710. The SMILES string of the molecule is O[B]c1ccc(Cl)c(F)c1. The minimum absolute atomic E-state index is 0.0607. The van der Waals surface area contributed by atoms with Crippen LogP contribution in [0.3, 0.4) is 0 Å². The van der Waals surface area contributed by atoms with E-state index in [2.05, 4.69) is 0 Å². The average molecular weight is 157 g/mol. The van der Waals surface area contributed by atoms with Gasteiger partial charge in [0, 0.05) is 0 Å². The van der Waals surface area contributed by atoms with Gasteiger partial charge in [0.05, 0.1) is 5.02 Å². The summed E-state index contributed by atoms with van der Waals surface area (Å²) in [5.41, 5.74) is 0.405. The maximum atomic E-state index is 12.5. The minimum atomic E-state index is -0.524. The molecule has 0 unspecified atom stereocenters. The van der Waals surface area contributed by atoms with Gasteiger partial charge < -0.3 is 5.02 Å². The van der Waals surface area contributed by atoms with Crippen LogP contribution in [0.2, 0.25) is 5.02 Å². The fraction of sp³-hybridized carbons (Fsp3) is 0. The van der Waals surface area contributed by atoms with Crippen LogP contribution in [0, 0.1) is 5.82 Å². The molecule has 0 saturated carbocycles. The summed E-state index contributed by atoms with van der Waals surface area (Å²) < 4.78 is 12.5. The summed E-state index contributed by atoms with van der Waals surface area (Å²) in [6.07, 6.45) is 0. The molecule has 1 aromatic carbocycles. The lowest BCUT2D eigenvalue weighted by molar-refractivity contribution is 0.611. The van der Waals surface area contributed by atoms with Gasteiger partial charge in [-0.1, -0.05) is 23.1 Å². The van der Waals surface area contributed by atoms with Gasteiger partial charge in [0.15, 0.2) is 0 Å². The largest absolute Gasteiger partial charge is 0.450 e. The topological polar surface area (TPSA) is 20.2 Å². The van der Waals surface area contributed by atoms with Crippen LogP contribution < -0.4 is 5.46 Å². The van der Waals surface area contributed by atoms with Gasteiger partial charge in [-0.2, -0.15) is 0 Å². The minimum Gasteiger partial charge on any atom is -0.450 e. The maximum Gasteiger partial charge on any atom is 0.326 e. The molecule has 1 rings (SSSR count). The van der Waals surface area contributed by atoms with Crippen LogP contribution in [0.1, 0.15) is 0 Å².